The first-order valence-electron chi connectivity index (χ1n) is 3.43. The zero-order valence-corrected chi connectivity index (χ0v) is 6.25. The number of nitrogens with zero attached hydrogens (tertiary/aromatic N) is 4. The Labute approximate surface area is 68.9 Å². The number of aromatic nitrogens is 2. The molecule has 0 aromatic carbocycles. The molecule has 2 heterocycles. The van der Waals surface area contributed by atoms with Crippen LogP contribution >= 0.6 is 0 Å². The molecule has 2 rings (SSSR count). The van der Waals surface area contributed by atoms with Crippen molar-refractivity contribution in [3.63, 3.8) is 0 Å². The molecule has 0 bridgehead atoms. The average molecular weight is 164 g/mol. The molecule has 0 saturated heterocycles. The normalized spacial score (nSPS) is 20.8. The Morgan fingerprint density at radius 3 is 2.92 bits per heavy atom. The minimum Gasteiger partial charge on any atom is -0.305 e. The van der Waals surface area contributed by atoms with E-state index in [9.17, 15) is 0 Å². The van der Waals surface area contributed by atoms with Gasteiger partial charge in [-0.2, -0.15) is 0 Å². The largest absolute Gasteiger partial charge is 0.305 e. The van der Waals surface area contributed by atoms with Crippen molar-refractivity contribution in [2.24, 2.45) is 16.6 Å². The Balaban J connectivity index is 2.52. The van der Waals surface area contributed by atoms with Gasteiger partial charge in [0.1, 0.15) is 18.2 Å². The van der Waals surface area contributed by atoms with Crippen molar-refractivity contribution < 1.29 is 0 Å². The maximum Gasteiger partial charge on any atom is 0.178 e. The molecule has 0 radical (unpaired) electrons. The summed E-state index contributed by atoms with van der Waals surface area (Å²) in [5.41, 5.74) is 6.30. The Hall–Kier alpha value is -1.53. The minimum atomic E-state index is -0.453. The van der Waals surface area contributed by atoms with Crippen LogP contribution in [-0.4, -0.2) is 21.3 Å². The Morgan fingerprint density at radius 2 is 2.08 bits per heavy atom. The second-order valence-corrected chi connectivity index (χ2v) is 2.40. The number of hydrogen-bond donors (Lipinski definition) is 2. The van der Waals surface area contributed by atoms with Gasteiger partial charge in [-0.15, -0.1) is 0 Å². The average Bonchev–Trinajstić information content (AvgIpc) is 2.12. The van der Waals surface area contributed by atoms with E-state index in [1.54, 1.807) is 12.4 Å². The molecule has 62 valence electrons. The van der Waals surface area contributed by atoms with E-state index in [4.69, 9.17) is 11.6 Å². The highest BCUT2D eigenvalue weighted by Gasteiger charge is 2.20. The lowest BCUT2D eigenvalue weighted by Gasteiger charge is -2.24. The number of rotatable bonds is 0. The standard InChI is InChI=1S/C6H8N6/c7-5-4-6(10-2-1-9-4)11-3-12(5)8/h1-3,5H,7-8H2. The number of hydrazine groups is 1. The van der Waals surface area contributed by atoms with E-state index < -0.39 is 6.17 Å². The monoisotopic (exact) mass is 164 g/mol. The summed E-state index contributed by atoms with van der Waals surface area (Å²) in [7, 11) is 0. The number of nitrogens with two attached hydrogens (primary N) is 2. The first kappa shape index (κ1) is 7.14. The van der Waals surface area contributed by atoms with Crippen molar-refractivity contribution in [2.45, 2.75) is 6.17 Å². The van der Waals surface area contributed by atoms with Gasteiger partial charge in [-0.05, 0) is 0 Å². The van der Waals surface area contributed by atoms with Crippen LogP contribution in [0.2, 0.25) is 0 Å². The van der Waals surface area contributed by atoms with E-state index in [2.05, 4.69) is 15.0 Å². The summed E-state index contributed by atoms with van der Waals surface area (Å²) in [5.74, 6) is 6.02. The summed E-state index contributed by atoms with van der Waals surface area (Å²) in [5, 5.41) is 1.29. The van der Waals surface area contributed by atoms with Gasteiger partial charge >= 0.3 is 0 Å². The van der Waals surface area contributed by atoms with Crippen molar-refractivity contribution in [3.05, 3.63) is 18.1 Å². The third kappa shape index (κ3) is 0.936. The number of aliphatic imine (C=N–C) groups is 1. The third-order valence-corrected chi connectivity index (χ3v) is 1.62. The molecule has 1 aliphatic rings. The summed E-state index contributed by atoms with van der Waals surface area (Å²) in [6.45, 7) is 0. The van der Waals surface area contributed by atoms with Crippen LogP contribution in [0.3, 0.4) is 0 Å². The third-order valence-electron chi connectivity index (χ3n) is 1.62. The molecule has 1 aromatic rings. The van der Waals surface area contributed by atoms with Gasteiger partial charge in [-0.3, -0.25) is 9.99 Å². The second-order valence-electron chi connectivity index (χ2n) is 2.40. The molecule has 1 aliphatic heterocycles. The molecular weight excluding hydrogens is 156 g/mol. The predicted molar refractivity (Wildman–Crippen MR) is 43.1 cm³/mol. The van der Waals surface area contributed by atoms with Gasteiger partial charge in [0.05, 0.1) is 0 Å². The van der Waals surface area contributed by atoms with Gasteiger partial charge < -0.3 is 5.73 Å². The maximum absolute atomic E-state index is 5.70. The fraction of sp³-hybridized carbons (Fsp3) is 0.167. The molecular formula is C6H8N6. The van der Waals surface area contributed by atoms with E-state index >= 15 is 0 Å². The molecule has 0 spiro atoms. The Kier molecular flexibility index (Phi) is 1.49. The van der Waals surface area contributed by atoms with Crippen LogP contribution in [0.1, 0.15) is 11.9 Å². The van der Waals surface area contributed by atoms with Crippen molar-refractivity contribution in [1.29, 1.82) is 0 Å². The lowest BCUT2D eigenvalue weighted by molar-refractivity contribution is 0.333. The van der Waals surface area contributed by atoms with Crippen LogP contribution in [0.25, 0.3) is 0 Å². The molecule has 1 atom stereocenters. The van der Waals surface area contributed by atoms with Gasteiger partial charge in [0.15, 0.2) is 5.82 Å². The molecule has 1 unspecified atom stereocenters. The van der Waals surface area contributed by atoms with Gasteiger partial charge in [-0.1, -0.05) is 0 Å². The molecule has 0 fully saturated rings. The summed E-state index contributed by atoms with van der Waals surface area (Å²) < 4.78 is 0. The summed E-state index contributed by atoms with van der Waals surface area (Å²) in [4.78, 5) is 12.0. The quantitative estimate of drug-likeness (QED) is 0.494. The maximum atomic E-state index is 5.70. The highest BCUT2D eigenvalue weighted by molar-refractivity contribution is 5.63. The molecule has 6 heteroatoms. The summed E-state index contributed by atoms with van der Waals surface area (Å²) >= 11 is 0. The second kappa shape index (κ2) is 2.50. The van der Waals surface area contributed by atoms with Crippen LogP contribution in [-0.2, 0) is 0 Å². The van der Waals surface area contributed by atoms with Gasteiger partial charge in [0.25, 0.3) is 0 Å². The van der Waals surface area contributed by atoms with Crippen molar-refractivity contribution >= 4 is 12.2 Å². The van der Waals surface area contributed by atoms with E-state index in [-0.39, 0.29) is 0 Å². The van der Waals surface area contributed by atoms with Crippen LogP contribution < -0.4 is 11.6 Å². The minimum absolute atomic E-state index is 0.453. The first-order valence-corrected chi connectivity index (χ1v) is 3.43. The number of hydrogen-bond acceptors (Lipinski definition) is 6. The molecule has 1 aromatic heterocycles. The fourth-order valence-electron chi connectivity index (χ4n) is 0.984. The van der Waals surface area contributed by atoms with Crippen LogP contribution in [0.4, 0.5) is 5.82 Å². The molecule has 0 amide bonds. The molecule has 12 heavy (non-hydrogen) atoms. The molecule has 6 nitrogen and oxygen atoms in total. The van der Waals surface area contributed by atoms with Gasteiger partial charge in [0, 0.05) is 12.4 Å². The lowest BCUT2D eigenvalue weighted by Crippen LogP contribution is -2.41. The van der Waals surface area contributed by atoms with E-state index in [0.717, 1.165) is 0 Å². The SMILES string of the molecule is NC1c2nccnc2N=CN1N. The zero-order chi connectivity index (χ0) is 8.55. The van der Waals surface area contributed by atoms with Crippen LogP contribution in [0.5, 0.6) is 0 Å². The van der Waals surface area contributed by atoms with Crippen molar-refractivity contribution in [3.8, 4) is 0 Å². The molecule has 0 saturated carbocycles. The van der Waals surface area contributed by atoms with Crippen molar-refractivity contribution in [2.75, 3.05) is 0 Å². The zero-order valence-electron chi connectivity index (χ0n) is 6.25. The summed E-state index contributed by atoms with van der Waals surface area (Å²) in [6.07, 6.45) is 4.11. The van der Waals surface area contributed by atoms with E-state index in [1.165, 1.54) is 11.3 Å². The van der Waals surface area contributed by atoms with E-state index in [1.807, 2.05) is 0 Å². The van der Waals surface area contributed by atoms with Crippen LogP contribution in [0.15, 0.2) is 17.4 Å². The van der Waals surface area contributed by atoms with Crippen molar-refractivity contribution in [1.82, 2.24) is 15.0 Å². The number of fused-ring (bicyclic) bond motifs is 1. The predicted octanol–water partition coefficient (Wildman–Crippen LogP) is -0.717. The smallest absolute Gasteiger partial charge is 0.178 e. The van der Waals surface area contributed by atoms with Crippen LogP contribution in [0, 0.1) is 0 Å². The Bertz CT molecular complexity index is 322. The lowest BCUT2D eigenvalue weighted by atomic mass is 10.3. The summed E-state index contributed by atoms with van der Waals surface area (Å²) in [6, 6.07) is 0. The molecule has 4 N–H and O–H groups in total. The molecule has 0 aliphatic carbocycles. The van der Waals surface area contributed by atoms with Gasteiger partial charge in [0.2, 0.25) is 0 Å². The Morgan fingerprint density at radius 1 is 1.33 bits per heavy atom. The fourth-order valence-corrected chi connectivity index (χ4v) is 0.984. The highest BCUT2D eigenvalue weighted by Crippen LogP contribution is 2.22. The van der Waals surface area contributed by atoms with E-state index in [0.29, 0.717) is 11.5 Å². The highest BCUT2D eigenvalue weighted by atomic mass is 15.5. The van der Waals surface area contributed by atoms with Gasteiger partial charge in [-0.25, -0.2) is 15.8 Å². The first-order chi connectivity index (χ1) is 5.79. The topological polar surface area (TPSA) is 93.4 Å².